The number of aliphatic carboxylic acids is 1. The van der Waals surface area contributed by atoms with Gasteiger partial charge in [-0.05, 0) is 44.2 Å². The van der Waals surface area contributed by atoms with Crippen LogP contribution in [-0.4, -0.2) is 33.0 Å². The van der Waals surface area contributed by atoms with Crippen LogP contribution in [0.25, 0.3) is 11.5 Å². The molecule has 0 spiro atoms. The Morgan fingerprint density at radius 2 is 2.04 bits per heavy atom. The number of benzene rings is 1. The molecule has 1 saturated heterocycles. The van der Waals surface area contributed by atoms with Crippen LogP contribution in [0.3, 0.4) is 0 Å². The molecular formula is C20H24N2O3. The maximum absolute atomic E-state index is 11.7. The van der Waals surface area contributed by atoms with Crippen LogP contribution in [-0.2, 0) is 11.3 Å². The van der Waals surface area contributed by atoms with Crippen molar-refractivity contribution in [2.24, 2.45) is 5.92 Å². The highest BCUT2D eigenvalue weighted by Crippen LogP contribution is 2.40. The number of fused-ring (bicyclic) bond motifs is 1. The van der Waals surface area contributed by atoms with Gasteiger partial charge in [0.1, 0.15) is 12.3 Å². The summed E-state index contributed by atoms with van der Waals surface area (Å²) in [6, 6.07) is 8.04. The van der Waals surface area contributed by atoms with E-state index in [0.29, 0.717) is 24.4 Å². The van der Waals surface area contributed by atoms with Gasteiger partial charge in [0.15, 0.2) is 0 Å². The zero-order valence-electron chi connectivity index (χ0n) is 14.5. The minimum atomic E-state index is -0.711. The molecule has 3 atom stereocenters. The fraction of sp³-hybridized carbons (Fsp3) is 0.500. The predicted molar refractivity (Wildman–Crippen MR) is 94.0 cm³/mol. The molecule has 2 heterocycles. The molecule has 0 radical (unpaired) electrons. The molecule has 4 rings (SSSR count). The van der Waals surface area contributed by atoms with Crippen LogP contribution < -0.4 is 0 Å². The predicted octanol–water partition coefficient (Wildman–Crippen LogP) is 3.87. The van der Waals surface area contributed by atoms with Gasteiger partial charge in [-0.1, -0.05) is 30.5 Å². The second-order valence-electron chi connectivity index (χ2n) is 7.38. The molecule has 1 aliphatic carbocycles. The quantitative estimate of drug-likeness (QED) is 0.915. The van der Waals surface area contributed by atoms with Crippen molar-refractivity contribution in [3.05, 3.63) is 41.8 Å². The Morgan fingerprint density at radius 1 is 1.28 bits per heavy atom. The van der Waals surface area contributed by atoms with Crippen LogP contribution in [0.5, 0.6) is 0 Å². The van der Waals surface area contributed by atoms with Crippen LogP contribution in [0.1, 0.15) is 43.4 Å². The van der Waals surface area contributed by atoms with Crippen LogP contribution in [0, 0.1) is 12.8 Å². The minimum absolute atomic E-state index is 0.370. The Morgan fingerprint density at radius 3 is 2.80 bits per heavy atom. The molecule has 5 heteroatoms. The Bertz CT molecular complexity index is 753. The molecule has 1 N–H and O–H groups in total. The number of nitrogens with zero attached hydrogens (tertiary/aromatic N) is 2. The van der Waals surface area contributed by atoms with Crippen molar-refractivity contribution in [2.75, 3.05) is 0 Å². The molecule has 2 fully saturated rings. The lowest BCUT2D eigenvalue weighted by atomic mass is 9.85. The van der Waals surface area contributed by atoms with Gasteiger partial charge in [-0.3, -0.25) is 9.69 Å². The summed E-state index contributed by atoms with van der Waals surface area (Å²) in [6.45, 7) is 2.60. The van der Waals surface area contributed by atoms with Crippen molar-refractivity contribution in [1.29, 1.82) is 0 Å². The number of carbonyl (C=O) groups is 1. The lowest BCUT2D eigenvalue weighted by Gasteiger charge is -2.32. The second kappa shape index (κ2) is 6.64. The first kappa shape index (κ1) is 16.3. The normalized spacial score (nSPS) is 26.5. The highest BCUT2D eigenvalue weighted by molar-refractivity contribution is 5.74. The largest absolute Gasteiger partial charge is 0.480 e. The van der Waals surface area contributed by atoms with Crippen LogP contribution >= 0.6 is 0 Å². The maximum Gasteiger partial charge on any atom is 0.320 e. The summed E-state index contributed by atoms with van der Waals surface area (Å²) in [7, 11) is 0. The zero-order chi connectivity index (χ0) is 17.4. The first-order valence-electron chi connectivity index (χ1n) is 9.12. The van der Waals surface area contributed by atoms with E-state index in [0.717, 1.165) is 30.5 Å². The molecule has 0 amide bonds. The maximum atomic E-state index is 11.7. The van der Waals surface area contributed by atoms with Crippen molar-refractivity contribution in [2.45, 2.75) is 57.7 Å². The fourth-order valence-corrected chi connectivity index (χ4v) is 4.42. The van der Waals surface area contributed by atoms with Gasteiger partial charge in [-0.15, -0.1) is 0 Å². The number of carboxylic acid groups (broad SMARTS) is 1. The third kappa shape index (κ3) is 3.21. The molecule has 2 aliphatic rings. The topological polar surface area (TPSA) is 66.6 Å². The van der Waals surface area contributed by atoms with E-state index in [4.69, 9.17) is 4.42 Å². The van der Waals surface area contributed by atoms with E-state index in [1.807, 2.05) is 31.2 Å². The van der Waals surface area contributed by atoms with Crippen molar-refractivity contribution in [3.63, 3.8) is 0 Å². The lowest BCUT2D eigenvalue weighted by Crippen LogP contribution is -2.41. The monoisotopic (exact) mass is 340 g/mol. The van der Waals surface area contributed by atoms with E-state index >= 15 is 0 Å². The van der Waals surface area contributed by atoms with Crippen molar-refractivity contribution < 1.29 is 14.3 Å². The van der Waals surface area contributed by atoms with Gasteiger partial charge in [0.05, 0.1) is 5.69 Å². The first-order chi connectivity index (χ1) is 12.1. The first-order valence-corrected chi connectivity index (χ1v) is 9.12. The standard InChI is InChI=1S/C20H24N2O3/c1-13-6-8-14(9-7-13)19-21-16(12-25-19)11-22-17-5-3-2-4-15(17)10-18(22)20(23)24/h6-9,12,15,17-18H,2-5,10-11H2,1H3,(H,23,24). The molecule has 1 saturated carbocycles. The summed E-state index contributed by atoms with van der Waals surface area (Å²) in [4.78, 5) is 18.5. The molecular weight excluding hydrogens is 316 g/mol. The molecule has 5 nitrogen and oxygen atoms in total. The van der Waals surface area contributed by atoms with Crippen molar-refractivity contribution in [3.8, 4) is 11.5 Å². The van der Waals surface area contributed by atoms with Crippen LogP contribution in [0.15, 0.2) is 34.9 Å². The number of aromatic nitrogens is 1. The second-order valence-corrected chi connectivity index (χ2v) is 7.38. The number of hydrogen-bond donors (Lipinski definition) is 1. The van der Waals surface area contributed by atoms with Gasteiger partial charge in [0.2, 0.25) is 5.89 Å². The summed E-state index contributed by atoms with van der Waals surface area (Å²) in [6.07, 6.45) is 7.10. The molecule has 2 aromatic rings. The minimum Gasteiger partial charge on any atom is -0.480 e. The van der Waals surface area contributed by atoms with Gasteiger partial charge in [-0.25, -0.2) is 4.98 Å². The summed E-state index contributed by atoms with van der Waals surface area (Å²) in [5, 5.41) is 9.63. The van der Waals surface area contributed by atoms with Gasteiger partial charge in [0, 0.05) is 18.2 Å². The molecule has 1 aliphatic heterocycles. The zero-order valence-corrected chi connectivity index (χ0v) is 14.5. The summed E-state index contributed by atoms with van der Waals surface area (Å²) < 4.78 is 5.65. The van der Waals surface area contributed by atoms with Crippen molar-refractivity contribution >= 4 is 5.97 Å². The van der Waals surface area contributed by atoms with E-state index in [2.05, 4.69) is 9.88 Å². The highest BCUT2D eigenvalue weighted by atomic mass is 16.4. The van der Waals surface area contributed by atoms with E-state index in [1.165, 1.54) is 18.4 Å². The number of aryl methyl sites for hydroxylation is 1. The Kier molecular flexibility index (Phi) is 4.34. The van der Waals surface area contributed by atoms with Gasteiger partial charge >= 0.3 is 5.97 Å². The molecule has 3 unspecified atom stereocenters. The molecule has 25 heavy (non-hydrogen) atoms. The van der Waals surface area contributed by atoms with Gasteiger partial charge in [0.25, 0.3) is 0 Å². The van der Waals surface area contributed by atoms with Crippen LogP contribution in [0.4, 0.5) is 0 Å². The summed E-state index contributed by atoms with van der Waals surface area (Å²) in [5.74, 6) is 0.399. The third-order valence-electron chi connectivity index (χ3n) is 5.70. The van der Waals surface area contributed by atoms with E-state index in [1.54, 1.807) is 6.26 Å². The summed E-state index contributed by atoms with van der Waals surface area (Å²) >= 11 is 0. The van der Waals surface area contributed by atoms with Gasteiger partial charge < -0.3 is 9.52 Å². The Labute approximate surface area is 147 Å². The number of likely N-dealkylation sites (tertiary alicyclic amines) is 1. The number of rotatable bonds is 4. The number of carboxylic acids is 1. The van der Waals surface area contributed by atoms with E-state index < -0.39 is 12.0 Å². The Balaban J connectivity index is 1.54. The molecule has 132 valence electrons. The number of oxazole rings is 1. The molecule has 1 aromatic carbocycles. The highest BCUT2D eigenvalue weighted by Gasteiger charge is 2.45. The summed E-state index contributed by atoms with van der Waals surface area (Å²) in [5.41, 5.74) is 2.96. The average Bonchev–Trinajstić information content (AvgIpc) is 3.21. The molecule has 1 aromatic heterocycles. The SMILES string of the molecule is Cc1ccc(-c2nc(CN3C(C(=O)O)CC4CCCCC43)co2)cc1. The number of hydrogen-bond acceptors (Lipinski definition) is 4. The smallest absolute Gasteiger partial charge is 0.320 e. The third-order valence-corrected chi connectivity index (χ3v) is 5.70. The average molecular weight is 340 g/mol. The fourth-order valence-electron chi connectivity index (χ4n) is 4.42. The Hall–Kier alpha value is -2.14. The van der Waals surface area contributed by atoms with E-state index in [9.17, 15) is 9.90 Å². The van der Waals surface area contributed by atoms with E-state index in [-0.39, 0.29) is 0 Å². The molecule has 0 bridgehead atoms. The van der Waals surface area contributed by atoms with Crippen LogP contribution in [0.2, 0.25) is 0 Å². The lowest BCUT2D eigenvalue weighted by molar-refractivity contribution is -0.142. The van der Waals surface area contributed by atoms with Crippen molar-refractivity contribution in [1.82, 2.24) is 9.88 Å². The van der Waals surface area contributed by atoms with Gasteiger partial charge in [-0.2, -0.15) is 0 Å².